The SMILES string of the molecule is [2H]c1c([2H])c([2H])c(-c2ccc(-n3c4ccccc4c4c3ccc3c5ccccc5n(-c5nc(-c6ccccc6)nc(-c6ccccc6)n5)c34)cc2)c([2H])c1[2H].[2H]c1c([2H])c([2H])c(-c2cccc(-c3nc(-c4ccccc4)nc(-n4c5ccccc5c5c4ccc4c6ccccc6n(-c6ccccc6)c45)n3)c2)c([2H])c1[2H].[2H]c1c([2H])c([2H])c(-c2ccccc2-c2nc(-c3ccccc3)nc(-n3c4ccccc4c4c3ccc3c5ccccc5n(-c5ccccc5)c34)n2)c([2H])c1[2H]. The largest absolute Gasteiger partial charge is 0.309 e. The summed E-state index contributed by atoms with van der Waals surface area (Å²) in [4.78, 5) is 45.8. The van der Waals surface area contributed by atoms with Gasteiger partial charge in [-0.1, -0.05) is 430 Å². The Morgan fingerprint density at radius 3 is 0.827 bits per heavy atom. The smallest absolute Gasteiger partial charge is 0.238 e. The van der Waals surface area contributed by atoms with Crippen molar-refractivity contribution in [2.24, 2.45) is 0 Å². The van der Waals surface area contributed by atoms with Crippen molar-refractivity contribution in [1.29, 1.82) is 0 Å². The molecule has 0 unspecified atom stereocenters. The minimum Gasteiger partial charge on any atom is -0.309 e. The number of rotatable bonds is 15. The molecule has 0 bridgehead atoms. The molecule has 9 aromatic heterocycles. The molecule has 15 nitrogen and oxygen atoms in total. The Bertz CT molecular complexity index is 11300. The molecule has 0 fully saturated rings. The third-order valence-electron chi connectivity index (χ3n) is 27.8. The highest BCUT2D eigenvalue weighted by Crippen LogP contribution is 2.48. The fourth-order valence-electron chi connectivity index (χ4n) is 21.3. The molecule has 0 saturated carbocycles. The third kappa shape index (κ3) is 15.1. The quantitative estimate of drug-likeness (QED) is 0.0979. The highest BCUT2D eigenvalue weighted by molar-refractivity contribution is 6.29. The van der Waals surface area contributed by atoms with Crippen molar-refractivity contribution in [3.8, 4) is 137 Å². The first-order valence-electron chi connectivity index (χ1n) is 56.7. The van der Waals surface area contributed by atoms with E-state index in [9.17, 15) is 0 Å². The lowest BCUT2D eigenvalue weighted by Crippen LogP contribution is -2.06. The molecule has 15 heteroatoms. The van der Waals surface area contributed by atoms with Crippen LogP contribution in [-0.2, 0) is 0 Å². The fraction of sp³-hybridized carbons (Fsp3) is 0. The van der Waals surface area contributed by atoms with Crippen molar-refractivity contribution < 1.29 is 20.6 Å². The highest BCUT2D eigenvalue weighted by atomic mass is 15.2. The molecule has 0 spiro atoms. The van der Waals surface area contributed by atoms with Crippen LogP contribution in [0.4, 0.5) is 0 Å². The van der Waals surface area contributed by atoms with Gasteiger partial charge in [-0.2, -0.15) is 29.9 Å². The van der Waals surface area contributed by atoms with Crippen LogP contribution >= 0.6 is 0 Å². The summed E-state index contributed by atoms with van der Waals surface area (Å²) >= 11 is 0. The second-order valence-corrected chi connectivity index (χ2v) is 36.3. The zero-order chi connectivity index (χ0) is 112. The molecule has 0 aliphatic rings. The summed E-state index contributed by atoms with van der Waals surface area (Å²) in [5.41, 5.74) is 21.2. The van der Waals surface area contributed by atoms with Crippen molar-refractivity contribution in [2.75, 3.05) is 0 Å². The minimum atomic E-state index is -0.447. The number of hydrogen-bond acceptors (Lipinski definition) is 9. The highest BCUT2D eigenvalue weighted by Gasteiger charge is 2.30. The molecule has 150 heavy (non-hydrogen) atoms. The van der Waals surface area contributed by atoms with Gasteiger partial charge in [0.15, 0.2) is 34.9 Å². The van der Waals surface area contributed by atoms with E-state index in [4.69, 9.17) is 65.4 Å². The van der Waals surface area contributed by atoms with Crippen molar-refractivity contribution >= 4 is 131 Å². The Morgan fingerprint density at radius 1 is 0.147 bits per heavy atom. The van der Waals surface area contributed by atoms with Crippen LogP contribution in [0.15, 0.2) is 527 Å². The molecule has 0 aliphatic heterocycles. The average molecular weight is 1930 g/mol. The van der Waals surface area contributed by atoms with Gasteiger partial charge in [-0.3, -0.25) is 13.7 Å². The lowest BCUT2D eigenvalue weighted by atomic mass is 9.99. The van der Waals surface area contributed by atoms with E-state index in [1.54, 1.807) is 30.3 Å². The normalized spacial score (nSPS) is 13.0. The van der Waals surface area contributed by atoms with Crippen LogP contribution in [0.1, 0.15) is 20.6 Å². The van der Waals surface area contributed by atoms with Gasteiger partial charge in [-0.25, -0.2) is 15.0 Å². The molecular formula is C135H87N15. The summed E-state index contributed by atoms with van der Waals surface area (Å²) in [6.45, 7) is 0. The summed E-state index contributed by atoms with van der Waals surface area (Å²) in [6, 6.07) is 140. The van der Waals surface area contributed by atoms with Crippen molar-refractivity contribution in [3.05, 3.63) is 527 Å². The van der Waals surface area contributed by atoms with E-state index in [-0.39, 0.29) is 77.1 Å². The van der Waals surface area contributed by atoms with Crippen molar-refractivity contribution in [3.63, 3.8) is 0 Å². The first-order chi connectivity index (χ1) is 80.7. The first-order valence-corrected chi connectivity index (χ1v) is 49.2. The van der Waals surface area contributed by atoms with Gasteiger partial charge in [-0.15, -0.1) is 0 Å². The lowest BCUT2D eigenvalue weighted by Gasteiger charge is -2.13. The van der Waals surface area contributed by atoms with E-state index >= 15 is 0 Å². The summed E-state index contributed by atoms with van der Waals surface area (Å²) in [5, 5.41) is 13.0. The molecule has 0 saturated heterocycles. The molecule has 9 heterocycles. The second kappa shape index (κ2) is 37.0. The topological polar surface area (TPSA) is 146 Å². The maximum Gasteiger partial charge on any atom is 0.238 e. The van der Waals surface area contributed by atoms with Crippen LogP contribution < -0.4 is 0 Å². The van der Waals surface area contributed by atoms with Gasteiger partial charge in [0.2, 0.25) is 17.8 Å². The Labute approximate surface area is 882 Å². The Balaban J connectivity index is 0.000000116. The van der Waals surface area contributed by atoms with Gasteiger partial charge in [-0.05, 0) is 130 Å². The zero-order valence-corrected chi connectivity index (χ0v) is 79.8. The van der Waals surface area contributed by atoms with E-state index in [2.05, 4.69) is 222 Å². The summed E-state index contributed by atoms with van der Waals surface area (Å²) in [5.74, 6) is 4.04. The molecule has 21 aromatic carbocycles. The molecule has 0 amide bonds. The summed E-state index contributed by atoms with van der Waals surface area (Å²) < 4.78 is 139. The molecule has 0 N–H and O–H groups in total. The molecular weight excluding hydrogens is 1830 g/mol. The minimum absolute atomic E-state index is 0.0813. The second-order valence-electron chi connectivity index (χ2n) is 36.3. The molecule has 30 aromatic rings. The standard InChI is InChI=1S/3C45H29N5/c1-4-15-30(16-5-1)32-19-14-20-33(29-32)44-46-43(31-17-6-2-7-18-31)47-45(48-44)50-39-26-13-11-24-37(39)41-40(50)28-27-36-35-23-10-12-25-38(35)49(42(36)41)34-21-8-3-9-22-34;1-4-14-30(15-5-1)31-24-26-34(27-25-31)49-39-23-13-11-21-37(39)41-40(49)29-28-36-35-20-10-12-22-38(35)50(42(36)41)45-47-43(32-16-6-2-7-17-32)46-44(48-45)33-18-8-3-9-19-33;1-4-16-30(17-5-1)33-22-10-11-24-36(33)44-46-43(31-18-6-2-7-19-31)47-45(48-44)50-39-27-15-13-25-37(39)41-40(50)29-28-35-34-23-12-14-26-38(34)49(42(35)41)32-20-8-3-9-21-32/h3*1-29H/i1D,4D,5D,15D,16D;1D,4D,5D,14D,15D;1D,4D,5D,16D,17D. The van der Waals surface area contributed by atoms with Crippen LogP contribution in [0.25, 0.3) is 267 Å². The van der Waals surface area contributed by atoms with Crippen LogP contribution in [0.2, 0.25) is 0 Å². The van der Waals surface area contributed by atoms with Gasteiger partial charge in [0.05, 0.1) is 86.8 Å². The van der Waals surface area contributed by atoms with Crippen molar-refractivity contribution in [2.45, 2.75) is 0 Å². The van der Waals surface area contributed by atoms with Gasteiger partial charge in [0.1, 0.15) is 0 Å². The number of nitrogens with zero attached hydrogens (tertiary/aromatic N) is 15. The number of benzene rings is 21. The number of aromatic nitrogens is 15. The van der Waals surface area contributed by atoms with Gasteiger partial charge in [0.25, 0.3) is 0 Å². The molecule has 30 rings (SSSR count). The fourth-order valence-corrected chi connectivity index (χ4v) is 21.3. The van der Waals surface area contributed by atoms with Gasteiger partial charge in [0, 0.05) is 115 Å². The van der Waals surface area contributed by atoms with Crippen LogP contribution in [0.5, 0.6) is 0 Å². The molecule has 702 valence electrons. The van der Waals surface area contributed by atoms with Crippen molar-refractivity contribution in [1.82, 2.24) is 72.3 Å². The molecule has 0 radical (unpaired) electrons. The van der Waals surface area contributed by atoms with E-state index in [1.807, 2.05) is 212 Å². The average Bonchev–Trinajstić information content (AvgIpc) is 1.55. The Kier molecular flexibility index (Phi) is 17.9. The third-order valence-corrected chi connectivity index (χ3v) is 27.8. The number of hydrogen-bond donors (Lipinski definition) is 0. The summed E-state index contributed by atoms with van der Waals surface area (Å²) in [6.07, 6.45) is 0. The maximum absolute atomic E-state index is 8.80. The monoisotopic (exact) mass is 1930 g/mol. The number of fused-ring (bicyclic) bond motifs is 21. The number of para-hydroxylation sites is 8. The van der Waals surface area contributed by atoms with E-state index in [0.29, 0.717) is 80.6 Å². The van der Waals surface area contributed by atoms with E-state index in [1.165, 1.54) is 0 Å². The summed E-state index contributed by atoms with van der Waals surface area (Å²) in [7, 11) is 0. The predicted molar refractivity (Wildman–Crippen MR) is 614 cm³/mol. The van der Waals surface area contributed by atoms with Gasteiger partial charge < -0.3 is 13.7 Å². The molecule has 0 atom stereocenters. The maximum atomic E-state index is 8.80. The zero-order valence-electron chi connectivity index (χ0n) is 94.8. The van der Waals surface area contributed by atoms with Crippen LogP contribution in [0, 0.1) is 0 Å². The first kappa shape index (κ1) is 72.7. The van der Waals surface area contributed by atoms with Gasteiger partial charge >= 0.3 is 0 Å². The van der Waals surface area contributed by atoms with Crippen LogP contribution in [0.3, 0.4) is 0 Å². The lowest BCUT2D eigenvalue weighted by molar-refractivity contribution is 0.953. The Morgan fingerprint density at radius 2 is 0.420 bits per heavy atom. The molecule has 0 aliphatic carbocycles. The van der Waals surface area contributed by atoms with E-state index < -0.39 is 30.2 Å². The Hall–Kier alpha value is -20.6. The van der Waals surface area contributed by atoms with E-state index in [0.717, 1.165) is 170 Å². The van der Waals surface area contributed by atoms with Crippen LogP contribution in [-0.4, -0.2) is 72.3 Å². The predicted octanol–water partition coefficient (Wildman–Crippen LogP) is 33.2.